The van der Waals surface area contributed by atoms with Gasteiger partial charge in [-0.25, -0.2) is 0 Å². The van der Waals surface area contributed by atoms with Crippen LogP contribution in [0.25, 0.3) is 0 Å². The lowest BCUT2D eigenvalue weighted by Gasteiger charge is -2.32. The molecule has 0 aromatic heterocycles. The molecule has 3 rings (SSSR count). The van der Waals surface area contributed by atoms with Crippen molar-refractivity contribution in [3.05, 3.63) is 69.7 Å². The predicted octanol–water partition coefficient (Wildman–Crippen LogP) is 4.05. The Labute approximate surface area is 176 Å². The maximum Gasteiger partial charge on any atom is 0.227 e. The van der Waals surface area contributed by atoms with Crippen LogP contribution in [0.15, 0.2) is 48.5 Å². The van der Waals surface area contributed by atoms with E-state index in [4.69, 9.17) is 23.2 Å². The Balaban J connectivity index is 1.74. The van der Waals surface area contributed by atoms with Crippen molar-refractivity contribution in [2.24, 2.45) is 5.92 Å². The molecular formula is C22H26Cl2N2O2. The fourth-order valence-corrected chi connectivity index (χ4v) is 4.04. The van der Waals surface area contributed by atoms with Crippen molar-refractivity contribution in [2.75, 3.05) is 33.3 Å². The summed E-state index contributed by atoms with van der Waals surface area (Å²) in [6.45, 7) is 2.79. The van der Waals surface area contributed by atoms with Crippen LogP contribution in [-0.2, 0) is 11.2 Å². The SMILES string of the molecule is CN(C(=O)Cc1ccc(Cl)c(Cl)c1)C(CN1CCC(CO)C1)c1ccccc1. The van der Waals surface area contributed by atoms with Crippen LogP contribution in [0.5, 0.6) is 0 Å². The molecule has 0 aliphatic carbocycles. The third kappa shape index (κ3) is 5.26. The second-order valence-corrected chi connectivity index (χ2v) is 8.27. The van der Waals surface area contributed by atoms with Gasteiger partial charge < -0.3 is 14.9 Å². The third-order valence-corrected chi connectivity index (χ3v) is 6.18. The highest BCUT2D eigenvalue weighted by molar-refractivity contribution is 6.42. The molecule has 1 heterocycles. The quantitative estimate of drug-likeness (QED) is 0.734. The van der Waals surface area contributed by atoms with Gasteiger partial charge in [-0.1, -0.05) is 59.6 Å². The van der Waals surface area contributed by atoms with E-state index in [1.54, 1.807) is 12.1 Å². The van der Waals surface area contributed by atoms with Gasteiger partial charge in [0, 0.05) is 26.7 Å². The van der Waals surface area contributed by atoms with Gasteiger partial charge >= 0.3 is 0 Å². The molecule has 4 nitrogen and oxygen atoms in total. The molecule has 150 valence electrons. The zero-order valence-electron chi connectivity index (χ0n) is 16.0. The van der Waals surface area contributed by atoms with Crippen LogP contribution in [0.2, 0.25) is 10.0 Å². The van der Waals surface area contributed by atoms with Crippen LogP contribution in [0.3, 0.4) is 0 Å². The number of likely N-dealkylation sites (tertiary alicyclic amines) is 1. The molecule has 0 saturated carbocycles. The van der Waals surface area contributed by atoms with Gasteiger partial charge in [-0.05, 0) is 42.1 Å². The molecule has 6 heteroatoms. The van der Waals surface area contributed by atoms with Gasteiger partial charge in [-0.2, -0.15) is 0 Å². The molecule has 1 aliphatic rings. The van der Waals surface area contributed by atoms with Crippen molar-refractivity contribution in [1.82, 2.24) is 9.80 Å². The Hall–Kier alpha value is -1.59. The van der Waals surface area contributed by atoms with Crippen LogP contribution in [0.4, 0.5) is 0 Å². The molecule has 0 bridgehead atoms. The summed E-state index contributed by atoms with van der Waals surface area (Å²) in [4.78, 5) is 17.2. The lowest BCUT2D eigenvalue weighted by molar-refractivity contribution is -0.131. The fourth-order valence-electron chi connectivity index (χ4n) is 3.72. The first-order chi connectivity index (χ1) is 13.5. The average molecular weight is 421 g/mol. The van der Waals surface area contributed by atoms with Crippen molar-refractivity contribution >= 4 is 29.1 Å². The molecule has 1 saturated heterocycles. The van der Waals surface area contributed by atoms with Crippen LogP contribution in [0, 0.1) is 5.92 Å². The van der Waals surface area contributed by atoms with Gasteiger partial charge in [0.25, 0.3) is 0 Å². The number of aliphatic hydroxyl groups excluding tert-OH is 1. The summed E-state index contributed by atoms with van der Waals surface area (Å²) in [5, 5.41) is 10.4. The van der Waals surface area contributed by atoms with Crippen molar-refractivity contribution in [3.63, 3.8) is 0 Å². The number of likely N-dealkylation sites (N-methyl/N-ethyl adjacent to an activating group) is 1. The maximum absolute atomic E-state index is 13.0. The van der Waals surface area contributed by atoms with E-state index in [9.17, 15) is 9.90 Å². The molecular weight excluding hydrogens is 395 g/mol. The summed E-state index contributed by atoms with van der Waals surface area (Å²) in [6.07, 6.45) is 1.27. The molecule has 1 fully saturated rings. The minimum atomic E-state index is -0.0473. The standard InChI is InChI=1S/C22H26Cl2N2O2/c1-25(22(28)12-16-7-8-19(23)20(24)11-16)21(18-5-3-2-4-6-18)14-26-10-9-17(13-26)15-27/h2-8,11,17,21,27H,9-10,12-15H2,1H3. The first kappa shape index (κ1) is 21.1. The molecule has 2 atom stereocenters. The third-order valence-electron chi connectivity index (χ3n) is 5.44. The number of halogens is 2. The highest BCUT2D eigenvalue weighted by Crippen LogP contribution is 2.26. The van der Waals surface area contributed by atoms with E-state index in [0.29, 0.717) is 16.0 Å². The summed E-state index contributed by atoms with van der Waals surface area (Å²) in [6, 6.07) is 15.4. The number of carbonyl (C=O) groups is 1. The first-order valence-electron chi connectivity index (χ1n) is 9.55. The Morgan fingerprint density at radius 3 is 2.61 bits per heavy atom. The van der Waals surface area contributed by atoms with Gasteiger partial charge in [-0.3, -0.25) is 4.79 Å². The molecule has 1 N–H and O–H groups in total. The van der Waals surface area contributed by atoms with E-state index in [1.165, 1.54) is 0 Å². The largest absolute Gasteiger partial charge is 0.396 e. The second kappa shape index (κ2) is 9.75. The molecule has 1 amide bonds. The van der Waals surface area contributed by atoms with Crippen molar-refractivity contribution in [3.8, 4) is 0 Å². The van der Waals surface area contributed by atoms with Crippen molar-refractivity contribution in [2.45, 2.75) is 18.9 Å². The minimum Gasteiger partial charge on any atom is -0.396 e. The van der Waals surface area contributed by atoms with Crippen LogP contribution >= 0.6 is 23.2 Å². The second-order valence-electron chi connectivity index (χ2n) is 7.45. The van der Waals surface area contributed by atoms with Gasteiger partial charge in [0.05, 0.1) is 22.5 Å². The van der Waals surface area contributed by atoms with E-state index in [0.717, 1.165) is 37.2 Å². The van der Waals surface area contributed by atoms with Crippen LogP contribution < -0.4 is 0 Å². The summed E-state index contributed by atoms with van der Waals surface area (Å²) in [5.74, 6) is 0.360. The number of amides is 1. The Bertz CT molecular complexity index is 800. The summed E-state index contributed by atoms with van der Waals surface area (Å²) < 4.78 is 0. The highest BCUT2D eigenvalue weighted by atomic mass is 35.5. The zero-order chi connectivity index (χ0) is 20.1. The fraction of sp³-hybridized carbons (Fsp3) is 0.409. The van der Waals surface area contributed by atoms with Gasteiger partial charge in [0.1, 0.15) is 0 Å². The van der Waals surface area contributed by atoms with Gasteiger partial charge in [0.2, 0.25) is 5.91 Å². The molecule has 0 radical (unpaired) electrons. The summed E-state index contributed by atoms with van der Waals surface area (Å²) in [5.41, 5.74) is 1.96. The van der Waals surface area contributed by atoms with Gasteiger partial charge in [0.15, 0.2) is 0 Å². The van der Waals surface area contributed by atoms with E-state index in [1.807, 2.05) is 36.2 Å². The maximum atomic E-state index is 13.0. The summed E-state index contributed by atoms with van der Waals surface area (Å²) >= 11 is 12.1. The monoisotopic (exact) mass is 420 g/mol. The first-order valence-corrected chi connectivity index (χ1v) is 10.3. The lowest BCUT2D eigenvalue weighted by Crippen LogP contribution is -2.39. The number of carbonyl (C=O) groups excluding carboxylic acids is 1. The summed E-state index contributed by atoms with van der Waals surface area (Å²) in [7, 11) is 1.86. The van der Waals surface area contributed by atoms with Gasteiger partial charge in [-0.15, -0.1) is 0 Å². The molecule has 2 unspecified atom stereocenters. The van der Waals surface area contributed by atoms with Crippen LogP contribution in [-0.4, -0.2) is 54.1 Å². The van der Waals surface area contributed by atoms with E-state index in [-0.39, 0.29) is 25.0 Å². The van der Waals surface area contributed by atoms with E-state index in [2.05, 4.69) is 17.0 Å². The average Bonchev–Trinajstić information content (AvgIpc) is 3.17. The molecule has 2 aromatic rings. The Morgan fingerprint density at radius 2 is 1.96 bits per heavy atom. The van der Waals surface area contributed by atoms with Crippen LogP contribution in [0.1, 0.15) is 23.6 Å². The molecule has 1 aliphatic heterocycles. The topological polar surface area (TPSA) is 43.8 Å². The zero-order valence-corrected chi connectivity index (χ0v) is 17.5. The number of nitrogens with zero attached hydrogens (tertiary/aromatic N) is 2. The number of hydrogen-bond acceptors (Lipinski definition) is 3. The molecule has 2 aromatic carbocycles. The highest BCUT2D eigenvalue weighted by Gasteiger charge is 2.28. The molecule has 0 spiro atoms. The Kier molecular flexibility index (Phi) is 7.36. The smallest absolute Gasteiger partial charge is 0.227 e. The predicted molar refractivity (Wildman–Crippen MR) is 114 cm³/mol. The normalized spacial score (nSPS) is 18.2. The number of aliphatic hydroxyl groups is 1. The number of rotatable bonds is 7. The minimum absolute atomic E-state index is 0.0325. The number of hydrogen-bond donors (Lipinski definition) is 1. The van der Waals surface area contributed by atoms with Crippen molar-refractivity contribution < 1.29 is 9.90 Å². The molecule has 28 heavy (non-hydrogen) atoms. The Morgan fingerprint density at radius 1 is 1.21 bits per heavy atom. The van der Waals surface area contributed by atoms with E-state index < -0.39 is 0 Å². The number of benzene rings is 2. The lowest BCUT2D eigenvalue weighted by atomic mass is 10.0. The van der Waals surface area contributed by atoms with E-state index >= 15 is 0 Å². The van der Waals surface area contributed by atoms with Crippen molar-refractivity contribution in [1.29, 1.82) is 0 Å².